The molecular formula is C31H30F7N3O2. The summed E-state index contributed by atoms with van der Waals surface area (Å²) in [4.78, 5) is 5.83. The third kappa shape index (κ3) is 8.96. The Labute approximate surface area is 244 Å². The van der Waals surface area contributed by atoms with E-state index in [-0.39, 0.29) is 42.7 Å². The Morgan fingerprint density at radius 1 is 0.744 bits per heavy atom. The molecule has 0 aliphatic heterocycles. The van der Waals surface area contributed by atoms with Gasteiger partial charge in [0.05, 0.1) is 5.69 Å². The van der Waals surface area contributed by atoms with Gasteiger partial charge in [0, 0.05) is 31.7 Å². The van der Waals surface area contributed by atoms with Crippen molar-refractivity contribution in [2.75, 3.05) is 0 Å². The fourth-order valence-corrected chi connectivity index (χ4v) is 4.69. The van der Waals surface area contributed by atoms with Gasteiger partial charge in [-0.2, -0.15) is 30.7 Å². The SMILES string of the molecule is CCCCn1c(-c2ccccc2)nc(C(F)(F)F)c1CN(Cc1ccc(OC(F)F)cc1)Cc1ccc(OC(F)F)cc1. The average Bonchev–Trinajstić information content (AvgIpc) is 3.32. The summed E-state index contributed by atoms with van der Waals surface area (Å²) in [7, 11) is 0. The zero-order chi connectivity index (χ0) is 31.0. The molecule has 0 unspecified atom stereocenters. The van der Waals surface area contributed by atoms with E-state index in [0.717, 1.165) is 6.42 Å². The molecule has 0 aliphatic rings. The first-order valence-corrected chi connectivity index (χ1v) is 13.5. The first kappa shape index (κ1) is 31.9. The molecule has 0 saturated carbocycles. The maximum atomic E-state index is 14.4. The zero-order valence-corrected chi connectivity index (χ0v) is 23.2. The highest BCUT2D eigenvalue weighted by Crippen LogP contribution is 2.36. The van der Waals surface area contributed by atoms with Gasteiger partial charge >= 0.3 is 19.4 Å². The van der Waals surface area contributed by atoms with Crippen LogP contribution in [0, 0.1) is 0 Å². The van der Waals surface area contributed by atoms with Crippen LogP contribution in [0.2, 0.25) is 0 Å². The van der Waals surface area contributed by atoms with Gasteiger partial charge in [0.25, 0.3) is 0 Å². The summed E-state index contributed by atoms with van der Waals surface area (Å²) in [6, 6.07) is 20.3. The van der Waals surface area contributed by atoms with Gasteiger partial charge in [0.2, 0.25) is 0 Å². The van der Waals surface area contributed by atoms with Crippen LogP contribution in [0.25, 0.3) is 11.4 Å². The first-order valence-electron chi connectivity index (χ1n) is 13.5. The maximum Gasteiger partial charge on any atom is 0.435 e. The summed E-state index contributed by atoms with van der Waals surface area (Å²) in [5.74, 6) is 0.104. The number of rotatable bonds is 14. The highest BCUT2D eigenvalue weighted by atomic mass is 19.4. The van der Waals surface area contributed by atoms with Gasteiger partial charge in [-0.05, 0) is 41.8 Å². The van der Waals surface area contributed by atoms with Crippen LogP contribution in [0.15, 0.2) is 78.9 Å². The minimum atomic E-state index is -4.73. The van der Waals surface area contributed by atoms with E-state index in [1.54, 1.807) is 64.1 Å². The van der Waals surface area contributed by atoms with Crippen molar-refractivity contribution >= 4 is 0 Å². The van der Waals surface area contributed by atoms with Gasteiger partial charge in [-0.25, -0.2) is 4.98 Å². The fraction of sp³-hybridized carbons (Fsp3) is 0.323. The summed E-state index contributed by atoms with van der Waals surface area (Å²) < 4.78 is 104. The van der Waals surface area contributed by atoms with Crippen LogP contribution in [0.3, 0.4) is 0 Å². The van der Waals surface area contributed by atoms with Crippen LogP contribution in [0.1, 0.15) is 42.3 Å². The molecule has 0 amide bonds. The molecule has 5 nitrogen and oxygen atoms in total. The van der Waals surface area contributed by atoms with E-state index >= 15 is 0 Å². The van der Waals surface area contributed by atoms with Crippen LogP contribution in [0.4, 0.5) is 30.7 Å². The van der Waals surface area contributed by atoms with E-state index in [1.165, 1.54) is 24.3 Å². The lowest BCUT2D eigenvalue weighted by molar-refractivity contribution is -0.141. The lowest BCUT2D eigenvalue weighted by Crippen LogP contribution is -2.26. The molecule has 0 spiro atoms. The van der Waals surface area contributed by atoms with Crippen molar-refractivity contribution in [2.45, 2.75) is 65.3 Å². The Morgan fingerprint density at radius 3 is 1.70 bits per heavy atom. The molecule has 0 aliphatic carbocycles. The number of alkyl halides is 7. The van der Waals surface area contributed by atoms with Crippen LogP contribution in [0.5, 0.6) is 11.5 Å². The summed E-state index contributed by atoms with van der Waals surface area (Å²) in [5, 5.41) is 0. The number of aromatic nitrogens is 2. The predicted molar refractivity (Wildman–Crippen MR) is 147 cm³/mol. The predicted octanol–water partition coefficient (Wildman–Crippen LogP) is 8.77. The first-order chi connectivity index (χ1) is 20.5. The van der Waals surface area contributed by atoms with Crippen molar-refractivity contribution in [1.82, 2.24) is 14.5 Å². The lowest BCUT2D eigenvalue weighted by atomic mass is 10.1. The van der Waals surface area contributed by atoms with E-state index in [2.05, 4.69) is 14.5 Å². The van der Waals surface area contributed by atoms with Gasteiger partial charge in [-0.1, -0.05) is 67.9 Å². The molecule has 1 aromatic heterocycles. The number of benzene rings is 3. The fourth-order valence-electron chi connectivity index (χ4n) is 4.69. The third-order valence-corrected chi connectivity index (χ3v) is 6.59. The average molecular weight is 610 g/mol. The van der Waals surface area contributed by atoms with Gasteiger partial charge in [0.1, 0.15) is 17.3 Å². The number of hydrogen-bond donors (Lipinski definition) is 0. The van der Waals surface area contributed by atoms with Crippen molar-refractivity contribution in [3.05, 3.63) is 101 Å². The molecule has 4 rings (SSSR count). The van der Waals surface area contributed by atoms with E-state index in [0.29, 0.717) is 29.7 Å². The smallest absolute Gasteiger partial charge is 0.435 e. The normalized spacial score (nSPS) is 12.0. The zero-order valence-electron chi connectivity index (χ0n) is 23.2. The third-order valence-electron chi connectivity index (χ3n) is 6.59. The topological polar surface area (TPSA) is 39.5 Å². The molecule has 0 bridgehead atoms. The molecular weight excluding hydrogens is 579 g/mol. The van der Waals surface area contributed by atoms with Gasteiger partial charge < -0.3 is 14.0 Å². The number of nitrogens with zero attached hydrogens (tertiary/aromatic N) is 3. The van der Waals surface area contributed by atoms with Crippen LogP contribution in [-0.4, -0.2) is 27.7 Å². The monoisotopic (exact) mass is 609 g/mol. The van der Waals surface area contributed by atoms with Crippen molar-refractivity contribution in [2.24, 2.45) is 0 Å². The summed E-state index contributed by atoms with van der Waals surface area (Å²) in [6.45, 7) is -3.62. The van der Waals surface area contributed by atoms with Crippen molar-refractivity contribution in [3.63, 3.8) is 0 Å². The Hall–Kier alpha value is -4.06. The molecule has 0 N–H and O–H groups in total. The van der Waals surface area contributed by atoms with Crippen molar-refractivity contribution in [1.29, 1.82) is 0 Å². The molecule has 43 heavy (non-hydrogen) atoms. The van der Waals surface area contributed by atoms with Crippen molar-refractivity contribution < 1.29 is 40.2 Å². The Bertz CT molecular complexity index is 1370. The maximum absolute atomic E-state index is 14.4. The lowest BCUT2D eigenvalue weighted by Gasteiger charge is -2.25. The second-order valence-corrected chi connectivity index (χ2v) is 9.79. The van der Waals surface area contributed by atoms with E-state index in [9.17, 15) is 30.7 Å². The standard InChI is InChI=1S/C31H30F7N3O2/c1-2-3-17-41-26(27(31(36,37)38)39-28(41)23-7-5-4-6-8-23)20-40(18-21-9-13-24(14-10-21)42-29(32)33)19-22-11-15-25(16-12-22)43-30(34)35/h4-16,29-30H,2-3,17-20H2,1H3. The largest absolute Gasteiger partial charge is 0.435 e. The van der Waals surface area contributed by atoms with Gasteiger partial charge in [-0.15, -0.1) is 0 Å². The van der Waals surface area contributed by atoms with Gasteiger partial charge in [0.15, 0.2) is 5.69 Å². The number of hydrogen-bond acceptors (Lipinski definition) is 4. The molecule has 0 fully saturated rings. The Balaban J connectivity index is 1.73. The Kier molecular flexibility index (Phi) is 10.7. The van der Waals surface area contributed by atoms with E-state index in [4.69, 9.17) is 0 Å². The minimum Gasteiger partial charge on any atom is -0.435 e. The van der Waals surface area contributed by atoms with E-state index < -0.39 is 25.1 Å². The highest BCUT2D eigenvalue weighted by Gasteiger charge is 2.39. The molecule has 0 radical (unpaired) electrons. The molecule has 4 aromatic rings. The number of halogens is 7. The molecule has 3 aromatic carbocycles. The second kappa shape index (κ2) is 14.4. The van der Waals surface area contributed by atoms with Gasteiger partial charge in [-0.3, -0.25) is 4.90 Å². The second-order valence-electron chi connectivity index (χ2n) is 9.79. The molecule has 0 saturated heterocycles. The van der Waals surface area contributed by atoms with Crippen molar-refractivity contribution in [3.8, 4) is 22.9 Å². The molecule has 0 atom stereocenters. The van der Waals surface area contributed by atoms with E-state index in [1.807, 2.05) is 6.92 Å². The molecule has 230 valence electrons. The Morgan fingerprint density at radius 2 is 1.26 bits per heavy atom. The summed E-state index contributed by atoms with van der Waals surface area (Å²) in [6.07, 6.45) is -3.36. The molecule has 1 heterocycles. The quantitative estimate of drug-likeness (QED) is 0.134. The summed E-state index contributed by atoms with van der Waals surface area (Å²) >= 11 is 0. The van der Waals surface area contributed by atoms with Crippen LogP contribution in [-0.2, 0) is 32.4 Å². The number of ether oxygens (including phenoxy) is 2. The number of imidazole rings is 1. The summed E-state index contributed by atoms with van der Waals surface area (Å²) in [5.41, 5.74) is 0.807. The highest BCUT2D eigenvalue weighted by molar-refractivity contribution is 5.57. The minimum absolute atomic E-state index is 0.0184. The van der Waals surface area contributed by atoms with Crippen LogP contribution >= 0.6 is 0 Å². The van der Waals surface area contributed by atoms with Crippen LogP contribution < -0.4 is 9.47 Å². The molecule has 12 heteroatoms. The number of unbranched alkanes of at least 4 members (excludes halogenated alkanes) is 1.